The lowest BCUT2D eigenvalue weighted by Gasteiger charge is -2.31. The summed E-state index contributed by atoms with van der Waals surface area (Å²) in [7, 11) is 1.67. The van der Waals surface area contributed by atoms with E-state index >= 15 is 0 Å². The molecule has 0 atom stereocenters. The number of hydrogen-bond donors (Lipinski definition) is 0. The predicted octanol–water partition coefficient (Wildman–Crippen LogP) is 2.41. The largest absolute Gasteiger partial charge is 0.492 e. The number of pyridine rings is 1. The van der Waals surface area contributed by atoms with Crippen LogP contribution in [0.4, 0.5) is 0 Å². The Labute approximate surface area is 125 Å². The molecule has 0 radical (unpaired) electrons. The Morgan fingerprint density at radius 1 is 1.37 bits per heavy atom. The van der Waals surface area contributed by atoms with E-state index in [0.29, 0.717) is 0 Å². The van der Waals surface area contributed by atoms with Crippen molar-refractivity contribution in [1.82, 2.24) is 14.6 Å². The van der Waals surface area contributed by atoms with Crippen LogP contribution in [0, 0.1) is 3.57 Å². The molecule has 0 bridgehead atoms. The quantitative estimate of drug-likeness (QED) is 0.759. The highest BCUT2D eigenvalue weighted by Crippen LogP contribution is 2.35. The zero-order valence-corrected chi connectivity index (χ0v) is 13.2. The van der Waals surface area contributed by atoms with Gasteiger partial charge in [-0.3, -0.25) is 4.40 Å². The molecule has 2 aromatic heterocycles. The molecule has 3 heterocycles. The number of nitrogens with zero attached hydrogens (tertiary/aromatic N) is 3. The van der Waals surface area contributed by atoms with Crippen LogP contribution >= 0.6 is 22.6 Å². The van der Waals surface area contributed by atoms with Gasteiger partial charge in [0.05, 0.1) is 10.7 Å². The van der Waals surface area contributed by atoms with Gasteiger partial charge in [0.25, 0.3) is 0 Å². The second-order valence-corrected chi connectivity index (χ2v) is 6.25. The molecule has 1 saturated heterocycles. The normalized spacial score (nSPS) is 18.7. The van der Waals surface area contributed by atoms with Gasteiger partial charge in [-0.1, -0.05) is 6.92 Å². The molecule has 0 saturated carbocycles. The van der Waals surface area contributed by atoms with E-state index in [4.69, 9.17) is 9.47 Å². The topological polar surface area (TPSA) is 48.7 Å². The van der Waals surface area contributed by atoms with Gasteiger partial charge in [-0.2, -0.15) is 0 Å². The van der Waals surface area contributed by atoms with Gasteiger partial charge in [0.15, 0.2) is 5.75 Å². The first kappa shape index (κ1) is 13.1. The summed E-state index contributed by atoms with van der Waals surface area (Å²) >= 11 is 2.25. The minimum atomic E-state index is 0.0233. The van der Waals surface area contributed by atoms with E-state index in [1.165, 1.54) is 0 Å². The minimum absolute atomic E-state index is 0.0233. The summed E-state index contributed by atoms with van der Waals surface area (Å²) in [5.74, 6) is 1.79. The van der Waals surface area contributed by atoms with Crippen LogP contribution in [0.15, 0.2) is 12.3 Å². The molecule has 5 nitrogen and oxygen atoms in total. The molecular weight excluding hydrogens is 357 g/mol. The molecule has 1 aliphatic heterocycles. The first-order valence-electron chi connectivity index (χ1n) is 6.31. The van der Waals surface area contributed by atoms with Crippen LogP contribution in [0.1, 0.15) is 25.6 Å². The molecule has 6 heteroatoms. The maximum atomic E-state index is 5.46. The van der Waals surface area contributed by atoms with Crippen LogP contribution in [0.5, 0.6) is 5.75 Å². The summed E-state index contributed by atoms with van der Waals surface area (Å²) in [6.07, 6.45) is 3.97. The second kappa shape index (κ2) is 4.90. The third kappa shape index (κ3) is 2.10. The lowest BCUT2D eigenvalue weighted by Crippen LogP contribution is -2.32. The van der Waals surface area contributed by atoms with Crippen LogP contribution in [0.2, 0.25) is 0 Å². The maximum absolute atomic E-state index is 5.46. The fourth-order valence-electron chi connectivity index (χ4n) is 2.56. The summed E-state index contributed by atoms with van der Waals surface area (Å²) < 4.78 is 14.0. The van der Waals surface area contributed by atoms with Crippen molar-refractivity contribution in [3.05, 3.63) is 21.7 Å². The average molecular weight is 373 g/mol. The SMILES string of the molecule is COc1c(I)ccn2c(C3(C)CCOCC3)nnc12. The van der Waals surface area contributed by atoms with E-state index < -0.39 is 0 Å². The molecule has 1 fully saturated rings. The van der Waals surface area contributed by atoms with E-state index in [2.05, 4.69) is 39.7 Å². The average Bonchev–Trinajstić information content (AvgIpc) is 2.84. The molecule has 0 unspecified atom stereocenters. The van der Waals surface area contributed by atoms with Gasteiger partial charge >= 0.3 is 0 Å². The lowest BCUT2D eigenvalue weighted by molar-refractivity contribution is 0.0532. The molecule has 19 heavy (non-hydrogen) atoms. The molecule has 0 aromatic carbocycles. The van der Waals surface area contributed by atoms with Gasteiger partial charge in [-0.05, 0) is 41.5 Å². The number of rotatable bonds is 2. The van der Waals surface area contributed by atoms with Gasteiger partial charge in [0.2, 0.25) is 5.65 Å². The Morgan fingerprint density at radius 2 is 2.11 bits per heavy atom. The summed E-state index contributed by atoms with van der Waals surface area (Å²) in [4.78, 5) is 0. The zero-order chi connectivity index (χ0) is 13.5. The standard InChI is InChI=1S/C13H16IN3O2/c1-13(4-7-19-8-5-13)12-16-15-11-10(18-2)9(14)3-6-17(11)12/h3,6H,4-5,7-8H2,1-2H3. The van der Waals surface area contributed by atoms with E-state index in [0.717, 1.165) is 46.8 Å². The maximum Gasteiger partial charge on any atom is 0.204 e. The van der Waals surface area contributed by atoms with Crippen molar-refractivity contribution in [2.45, 2.75) is 25.2 Å². The molecule has 102 valence electrons. The van der Waals surface area contributed by atoms with Crippen molar-refractivity contribution < 1.29 is 9.47 Å². The summed E-state index contributed by atoms with van der Waals surface area (Å²) in [5.41, 5.74) is 0.812. The second-order valence-electron chi connectivity index (χ2n) is 5.09. The summed E-state index contributed by atoms with van der Waals surface area (Å²) in [5, 5.41) is 8.73. The molecule has 0 N–H and O–H groups in total. The number of aromatic nitrogens is 3. The first-order valence-corrected chi connectivity index (χ1v) is 7.39. The van der Waals surface area contributed by atoms with Gasteiger partial charge < -0.3 is 9.47 Å². The van der Waals surface area contributed by atoms with Crippen molar-refractivity contribution in [2.75, 3.05) is 20.3 Å². The van der Waals surface area contributed by atoms with Gasteiger partial charge in [0, 0.05) is 24.8 Å². The van der Waals surface area contributed by atoms with Crippen LogP contribution < -0.4 is 4.74 Å². The van der Waals surface area contributed by atoms with Crippen molar-refractivity contribution >= 4 is 28.2 Å². The van der Waals surface area contributed by atoms with E-state index in [1.54, 1.807) is 7.11 Å². The molecule has 0 amide bonds. The molecule has 1 aliphatic rings. The minimum Gasteiger partial charge on any atom is -0.492 e. The van der Waals surface area contributed by atoms with E-state index in [9.17, 15) is 0 Å². The van der Waals surface area contributed by atoms with E-state index in [-0.39, 0.29) is 5.41 Å². The molecule has 2 aromatic rings. The van der Waals surface area contributed by atoms with Crippen LogP contribution in [-0.2, 0) is 10.2 Å². The van der Waals surface area contributed by atoms with Gasteiger partial charge in [0.1, 0.15) is 5.82 Å². The number of halogens is 1. The Kier molecular flexibility index (Phi) is 3.38. The van der Waals surface area contributed by atoms with Crippen molar-refractivity contribution in [2.24, 2.45) is 0 Å². The number of hydrogen-bond acceptors (Lipinski definition) is 4. The Bertz CT molecular complexity index is 605. The summed E-state index contributed by atoms with van der Waals surface area (Å²) in [6, 6.07) is 2.03. The van der Waals surface area contributed by atoms with Gasteiger partial charge in [-0.25, -0.2) is 0 Å². The fourth-order valence-corrected chi connectivity index (χ4v) is 3.18. The smallest absolute Gasteiger partial charge is 0.204 e. The van der Waals surface area contributed by atoms with Gasteiger partial charge in [-0.15, -0.1) is 10.2 Å². The van der Waals surface area contributed by atoms with Crippen LogP contribution in [0.3, 0.4) is 0 Å². The highest BCUT2D eigenvalue weighted by Gasteiger charge is 2.34. The molecular formula is C13H16IN3O2. The van der Waals surface area contributed by atoms with E-state index in [1.807, 2.05) is 16.7 Å². The van der Waals surface area contributed by atoms with Crippen molar-refractivity contribution in [3.63, 3.8) is 0 Å². The molecule has 0 aliphatic carbocycles. The molecule has 3 rings (SSSR count). The zero-order valence-electron chi connectivity index (χ0n) is 11.0. The number of fused-ring (bicyclic) bond motifs is 1. The first-order chi connectivity index (χ1) is 9.15. The third-order valence-electron chi connectivity index (χ3n) is 3.83. The van der Waals surface area contributed by atoms with Crippen LogP contribution in [0.25, 0.3) is 5.65 Å². The Hall–Kier alpha value is -0.890. The third-order valence-corrected chi connectivity index (χ3v) is 4.68. The number of ether oxygens (including phenoxy) is 2. The Morgan fingerprint density at radius 3 is 2.79 bits per heavy atom. The predicted molar refractivity (Wildman–Crippen MR) is 79.7 cm³/mol. The van der Waals surface area contributed by atoms with Crippen molar-refractivity contribution in [3.8, 4) is 5.75 Å². The fraction of sp³-hybridized carbons (Fsp3) is 0.538. The highest BCUT2D eigenvalue weighted by atomic mass is 127. The van der Waals surface area contributed by atoms with Crippen LogP contribution in [-0.4, -0.2) is 34.9 Å². The number of methoxy groups -OCH3 is 1. The highest BCUT2D eigenvalue weighted by molar-refractivity contribution is 14.1. The van der Waals surface area contributed by atoms with Crippen molar-refractivity contribution in [1.29, 1.82) is 0 Å². The molecule has 0 spiro atoms. The summed E-state index contributed by atoms with van der Waals surface area (Å²) in [6.45, 7) is 3.80. The Balaban J connectivity index is 2.15. The monoisotopic (exact) mass is 373 g/mol. The lowest BCUT2D eigenvalue weighted by atomic mass is 9.81.